The first-order valence-corrected chi connectivity index (χ1v) is 4.19. The molecule has 1 aromatic carbocycles. The lowest BCUT2D eigenvalue weighted by Crippen LogP contribution is -1.97. The number of hydrogen-bond acceptors (Lipinski definition) is 4. The zero-order valence-corrected chi connectivity index (χ0v) is 7.58. The average Bonchev–Trinajstić information content (AvgIpc) is 2.70. The Bertz CT molecular complexity index is 484. The van der Waals surface area contributed by atoms with Crippen LogP contribution < -0.4 is 5.73 Å². The number of nitrogens with zero attached hydrogens (tertiary/aromatic N) is 2. The van der Waals surface area contributed by atoms with Crippen LogP contribution in [-0.4, -0.2) is 10.1 Å². The Balaban J connectivity index is 2.40. The van der Waals surface area contributed by atoms with E-state index in [2.05, 4.69) is 10.1 Å². The summed E-state index contributed by atoms with van der Waals surface area (Å²) < 4.78 is 30.3. The van der Waals surface area contributed by atoms with Crippen molar-refractivity contribution in [2.45, 2.75) is 6.54 Å². The first-order chi connectivity index (χ1) is 7.20. The summed E-state index contributed by atoms with van der Waals surface area (Å²) in [4.78, 5) is 3.88. The Morgan fingerprint density at radius 1 is 1.27 bits per heavy atom. The zero-order chi connectivity index (χ0) is 10.8. The summed E-state index contributed by atoms with van der Waals surface area (Å²) in [5, 5.41) is 3.54. The van der Waals surface area contributed by atoms with E-state index in [0.29, 0.717) is 11.4 Å². The highest BCUT2D eigenvalue weighted by molar-refractivity contribution is 5.52. The highest BCUT2D eigenvalue weighted by Gasteiger charge is 2.10. The summed E-state index contributed by atoms with van der Waals surface area (Å²) >= 11 is 0. The topological polar surface area (TPSA) is 64.9 Å². The van der Waals surface area contributed by atoms with Gasteiger partial charge in [-0.2, -0.15) is 4.98 Å². The van der Waals surface area contributed by atoms with Crippen molar-refractivity contribution >= 4 is 0 Å². The van der Waals surface area contributed by atoms with Crippen LogP contribution in [0.3, 0.4) is 0 Å². The van der Waals surface area contributed by atoms with E-state index in [1.807, 2.05) is 0 Å². The van der Waals surface area contributed by atoms with Crippen LogP contribution >= 0.6 is 0 Å². The largest absolute Gasteiger partial charge is 0.334 e. The van der Waals surface area contributed by atoms with Gasteiger partial charge in [0, 0.05) is 5.56 Å². The lowest BCUT2D eigenvalue weighted by molar-refractivity contribution is 0.422. The van der Waals surface area contributed by atoms with Crippen LogP contribution in [0.2, 0.25) is 0 Å². The van der Waals surface area contributed by atoms with E-state index in [9.17, 15) is 8.78 Å². The third-order valence-corrected chi connectivity index (χ3v) is 1.82. The molecule has 0 radical (unpaired) electrons. The van der Waals surface area contributed by atoms with Gasteiger partial charge in [0.2, 0.25) is 0 Å². The van der Waals surface area contributed by atoms with E-state index in [4.69, 9.17) is 10.3 Å². The van der Waals surface area contributed by atoms with Gasteiger partial charge in [-0.05, 0) is 18.2 Å². The normalized spacial score (nSPS) is 10.6. The van der Waals surface area contributed by atoms with Crippen molar-refractivity contribution in [2.75, 3.05) is 0 Å². The summed E-state index contributed by atoms with van der Waals surface area (Å²) in [7, 11) is 0. The second-order valence-electron chi connectivity index (χ2n) is 2.85. The van der Waals surface area contributed by atoms with Crippen molar-refractivity contribution in [3.8, 4) is 11.5 Å². The van der Waals surface area contributed by atoms with Crippen LogP contribution in [0.15, 0.2) is 22.7 Å². The average molecular weight is 211 g/mol. The molecule has 0 saturated heterocycles. The predicted octanol–water partition coefficient (Wildman–Crippen LogP) is 1.47. The van der Waals surface area contributed by atoms with Crippen LogP contribution in [0.4, 0.5) is 8.78 Å². The van der Waals surface area contributed by atoms with Crippen molar-refractivity contribution in [2.24, 2.45) is 5.73 Å². The first kappa shape index (κ1) is 9.72. The van der Waals surface area contributed by atoms with Crippen LogP contribution in [-0.2, 0) is 6.54 Å². The van der Waals surface area contributed by atoms with Crippen molar-refractivity contribution in [3.63, 3.8) is 0 Å². The minimum Gasteiger partial charge on any atom is -0.334 e. The Morgan fingerprint density at radius 3 is 2.67 bits per heavy atom. The molecule has 1 aromatic heterocycles. The highest BCUT2D eigenvalue weighted by atomic mass is 19.2. The van der Waals surface area contributed by atoms with E-state index in [1.165, 1.54) is 6.07 Å². The molecule has 1 heterocycles. The molecule has 78 valence electrons. The molecular weight excluding hydrogens is 204 g/mol. The molecule has 0 saturated carbocycles. The predicted molar refractivity (Wildman–Crippen MR) is 47.5 cm³/mol. The Labute approximate surface area is 83.7 Å². The van der Waals surface area contributed by atoms with E-state index < -0.39 is 11.6 Å². The molecule has 2 rings (SSSR count). The SMILES string of the molecule is NCc1noc(-c2ccc(F)c(F)c2)n1. The molecule has 0 amide bonds. The van der Waals surface area contributed by atoms with Crippen molar-refractivity contribution in [3.05, 3.63) is 35.7 Å². The monoisotopic (exact) mass is 211 g/mol. The van der Waals surface area contributed by atoms with Crippen LogP contribution in [0.25, 0.3) is 11.5 Å². The third-order valence-electron chi connectivity index (χ3n) is 1.82. The molecule has 0 spiro atoms. The smallest absolute Gasteiger partial charge is 0.258 e. The number of aromatic nitrogens is 2. The second-order valence-corrected chi connectivity index (χ2v) is 2.85. The Morgan fingerprint density at radius 2 is 2.07 bits per heavy atom. The van der Waals surface area contributed by atoms with E-state index in [-0.39, 0.29) is 12.4 Å². The number of hydrogen-bond donors (Lipinski definition) is 1. The van der Waals surface area contributed by atoms with Gasteiger partial charge in [0.05, 0.1) is 6.54 Å². The molecule has 6 heteroatoms. The molecule has 2 aromatic rings. The van der Waals surface area contributed by atoms with Gasteiger partial charge in [-0.25, -0.2) is 8.78 Å². The fourth-order valence-corrected chi connectivity index (χ4v) is 1.08. The van der Waals surface area contributed by atoms with Gasteiger partial charge in [-0.3, -0.25) is 0 Å². The minimum atomic E-state index is -0.958. The molecule has 0 aliphatic carbocycles. The molecule has 0 unspecified atom stereocenters. The Kier molecular flexibility index (Phi) is 2.42. The Hall–Kier alpha value is -1.82. The van der Waals surface area contributed by atoms with Gasteiger partial charge in [0.15, 0.2) is 17.5 Å². The lowest BCUT2D eigenvalue weighted by Gasteiger charge is -1.95. The van der Waals surface area contributed by atoms with Crippen LogP contribution in [0.1, 0.15) is 5.82 Å². The molecule has 0 aliphatic rings. The van der Waals surface area contributed by atoms with Gasteiger partial charge in [0.25, 0.3) is 5.89 Å². The van der Waals surface area contributed by atoms with Crippen molar-refractivity contribution in [1.82, 2.24) is 10.1 Å². The second kappa shape index (κ2) is 3.74. The number of benzene rings is 1. The van der Waals surface area contributed by atoms with Gasteiger partial charge >= 0.3 is 0 Å². The van der Waals surface area contributed by atoms with Crippen molar-refractivity contribution < 1.29 is 13.3 Å². The third kappa shape index (κ3) is 1.84. The van der Waals surface area contributed by atoms with E-state index >= 15 is 0 Å². The fraction of sp³-hybridized carbons (Fsp3) is 0.111. The number of rotatable bonds is 2. The molecule has 15 heavy (non-hydrogen) atoms. The summed E-state index contributed by atoms with van der Waals surface area (Å²) in [5.41, 5.74) is 5.60. The quantitative estimate of drug-likeness (QED) is 0.816. The standard InChI is InChI=1S/C9H7F2N3O/c10-6-2-1-5(3-7(6)11)9-13-8(4-12)14-15-9/h1-3H,4,12H2. The maximum absolute atomic E-state index is 12.9. The molecule has 2 N–H and O–H groups in total. The van der Waals surface area contributed by atoms with Crippen molar-refractivity contribution in [1.29, 1.82) is 0 Å². The summed E-state index contributed by atoms with van der Waals surface area (Å²) in [6.45, 7) is 0.132. The van der Waals surface area contributed by atoms with Crippen LogP contribution in [0.5, 0.6) is 0 Å². The maximum Gasteiger partial charge on any atom is 0.258 e. The van der Waals surface area contributed by atoms with Gasteiger partial charge in [-0.15, -0.1) is 0 Å². The first-order valence-electron chi connectivity index (χ1n) is 4.19. The summed E-state index contributed by atoms with van der Waals surface area (Å²) in [5.74, 6) is -1.44. The highest BCUT2D eigenvalue weighted by Crippen LogP contribution is 2.19. The molecule has 0 bridgehead atoms. The number of nitrogens with two attached hydrogens (primary N) is 1. The van der Waals surface area contributed by atoms with Gasteiger partial charge < -0.3 is 10.3 Å². The van der Waals surface area contributed by atoms with Crippen LogP contribution in [0, 0.1) is 11.6 Å². The fourth-order valence-electron chi connectivity index (χ4n) is 1.08. The van der Waals surface area contributed by atoms with E-state index in [1.54, 1.807) is 0 Å². The lowest BCUT2D eigenvalue weighted by atomic mass is 10.2. The maximum atomic E-state index is 12.9. The molecule has 0 aliphatic heterocycles. The summed E-state index contributed by atoms with van der Waals surface area (Å²) in [6.07, 6.45) is 0. The zero-order valence-electron chi connectivity index (χ0n) is 7.58. The van der Waals surface area contributed by atoms with Gasteiger partial charge in [0.1, 0.15) is 0 Å². The van der Waals surface area contributed by atoms with Gasteiger partial charge in [-0.1, -0.05) is 5.16 Å². The minimum absolute atomic E-state index is 0.120. The molecular formula is C9H7F2N3O. The number of halogens is 2. The molecule has 0 fully saturated rings. The summed E-state index contributed by atoms with van der Waals surface area (Å²) in [6, 6.07) is 3.34. The molecule has 0 atom stereocenters. The van der Waals surface area contributed by atoms with E-state index in [0.717, 1.165) is 12.1 Å². The molecule has 4 nitrogen and oxygen atoms in total.